The van der Waals surface area contributed by atoms with E-state index in [4.69, 9.17) is 0 Å². The van der Waals surface area contributed by atoms with E-state index in [0.717, 1.165) is 26.1 Å². The Kier molecular flexibility index (Phi) is 10.4. The molecule has 0 aromatic rings. The molecule has 0 bridgehead atoms. The fraction of sp³-hybridized carbons (Fsp3) is 0.857. The summed E-state index contributed by atoms with van der Waals surface area (Å²) in [5, 5.41) is 8.24. The van der Waals surface area contributed by atoms with Gasteiger partial charge < -0.3 is 10.6 Å². The van der Waals surface area contributed by atoms with Gasteiger partial charge in [-0.3, -0.25) is 15.0 Å². The quantitative estimate of drug-likeness (QED) is 0.677. The summed E-state index contributed by atoms with van der Waals surface area (Å²) >= 11 is 0. The van der Waals surface area contributed by atoms with Gasteiger partial charge in [0.25, 0.3) is 0 Å². The maximum atomic E-state index is 11.8. The van der Waals surface area contributed by atoms with Gasteiger partial charge in [0.2, 0.25) is 5.91 Å². The van der Waals surface area contributed by atoms with Crippen LogP contribution in [0.15, 0.2) is 0 Å². The molecule has 1 rings (SSSR count). The van der Waals surface area contributed by atoms with Crippen LogP contribution in [0.2, 0.25) is 0 Å². The predicted molar refractivity (Wildman–Crippen MR) is 86.7 cm³/mol. The molecule has 0 aliphatic carbocycles. The maximum Gasteiger partial charge on any atom is 0.321 e. The number of carbonyl (C=O) groups is 2. The molecule has 124 valence electrons. The molecule has 0 spiro atoms. The molecule has 0 saturated carbocycles. The summed E-state index contributed by atoms with van der Waals surface area (Å²) in [5.41, 5.74) is 0. The highest BCUT2D eigenvalue weighted by Crippen LogP contribution is 2.14. The molecule has 1 aliphatic heterocycles. The van der Waals surface area contributed by atoms with Gasteiger partial charge in [0, 0.05) is 13.1 Å². The lowest BCUT2D eigenvalue weighted by atomic mass is 9.98. The standard InChI is InChI=1S/C14H28N4O2.ClH/c1-11(2)7-16-14(20)17-13(19)10-18-6-4-5-12(9-18)8-15-3;/h11-12,15H,4-10H2,1-3H3,(H2,16,17,19,20);1H. The predicted octanol–water partition coefficient (Wildman–Crippen LogP) is 0.821. The minimum absolute atomic E-state index is 0. The Labute approximate surface area is 133 Å². The van der Waals surface area contributed by atoms with Crippen molar-refractivity contribution in [2.45, 2.75) is 26.7 Å². The fourth-order valence-electron chi connectivity index (χ4n) is 2.46. The van der Waals surface area contributed by atoms with Crippen molar-refractivity contribution in [1.29, 1.82) is 0 Å². The second-order valence-corrected chi connectivity index (χ2v) is 5.95. The van der Waals surface area contributed by atoms with E-state index in [-0.39, 0.29) is 18.3 Å². The van der Waals surface area contributed by atoms with Crippen molar-refractivity contribution in [3.05, 3.63) is 0 Å². The van der Waals surface area contributed by atoms with Crippen molar-refractivity contribution in [1.82, 2.24) is 20.9 Å². The first-order valence-electron chi connectivity index (χ1n) is 7.46. The average Bonchev–Trinajstić information content (AvgIpc) is 2.37. The lowest BCUT2D eigenvalue weighted by molar-refractivity contribution is -0.121. The van der Waals surface area contributed by atoms with E-state index < -0.39 is 6.03 Å². The smallest absolute Gasteiger partial charge is 0.321 e. The summed E-state index contributed by atoms with van der Waals surface area (Å²) < 4.78 is 0. The molecule has 6 nitrogen and oxygen atoms in total. The van der Waals surface area contributed by atoms with Crippen LogP contribution < -0.4 is 16.0 Å². The topological polar surface area (TPSA) is 73.5 Å². The molecule has 0 radical (unpaired) electrons. The van der Waals surface area contributed by atoms with Crippen LogP contribution in [-0.2, 0) is 4.79 Å². The number of amides is 3. The highest BCUT2D eigenvalue weighted by Gasteiger charge is 2.21. The second kappa shape index (κ2) is 10.8. The summed E-state index contributed by atoms with van der Waals surface area (Å²) in [6.07, 6.45) is 2.31. The van der Waals surface area contributed by atoms with Crippen LogP contribution in [0.5, 0.6) is 0 Å². The third kappa shape index (κ3) is 8.90. The van der Waals surface area contributed by atoms with Crippen LogP contribution in [0.4, 0.5) is 4.79 Å². The first-order chi connectivity index (χ1) is 9.51. The van der Waals surface area contributed by atoms with Crippen LogP contribution in [0.25, 0.3) is 0 Å². The fourth-order valence-corrected chi connectivity index (χ4v) is 2.46. The number of carbonyl (C=O) groups excluding carboxylic acids is 2. The van der Waals surface area contributed by atoms with E-state index in [1.165, 1.54) is 6.42 Å². The first kappa shape index (κ1) is 20.1. The molecule has 3 N–H and O–H groups in total. The number of hydrogen-bond acceptors (Lipinski definition) is 4. The minimum Gasteiger partial charge on any atom is -0.338 e. The zero-order valence-electron chi connectivity index (χ0n) is 13.3. The number of halogens is 1. The van der Waals surface area contributed by atoms with Crippen molar-refractivity contribution in [2.24, 2.45) is 11.8 Å². The number of likely N-dealkylation sites (tertiary alicyclic amines) is 1. The molecule has 1 fully saturated rings. The van der Waals surface area contributed by atoms with Crippen molar-refractivity contribution in [3.63, 3.8) is 0 Å². The summed E-state index contributed by atoms with van der Waals surface area (Å²) in [7, 11) is 1.95. The molecule has 7 heteroatoms. The van der Waals surface area contributed by atoms with Gasteiger partial charge in [0.1, 0.15) is 0 Å². The molecule has 0 aromatic carbocycles. The zero-order valence-corrected chi connectivity index (χ0v) is 14.1. The number of hydrogen-bond donors (Lipinski definition) is 3. The Bertz CT molecular complexity index is 324. The molecule has 1 unspecified atom stereocenters. The van der Waals surface area contributed by atoms with Gasteiger partial charge in [-0.25, -0.2) is 4.79 Å². The average molecular weight is 321 g/mol. The number of nitrogens with one attached hydrogen (secondary N) is 3. The van der Waals surface area contributed by atoms with Gasteiger partial charge in [0.05, 0.1) is 6.54 Å². The molecule has 1 heterocycles. The van der Waals surface area contributed by atoms with E-state index in [1.807, 2.05) is 20.9 Å². The molecule has 1 saturated heterocycles. The lowest BCUT2D eigenvalue weighted by Gasteiger charge is -2.32. The van der Waals surface area contributed by atoms with Crippen LogP contribution in [-0.4, -0.2) is 56.6 Å². The minimum atomic E-state index is -0.396. The van der Waals surface area contributed by atoms with Gasteiger partial charge in [-0.05, 0) is 44.8 Å². The molecule has 3 amide bonds. The number of imide groups is 1. The van der Waals surface area contributed by atoms with Crippen molar-refractivity contribution in [2.75, 3.05) is 39.8 Å². The van der Waals surface area contributed by atoms with E-state index >= 15 is 0 Å². The van der Waals surface area contributed by atoms with E-state index in [9.17, 15) is 9.59 Å². The summed E-state index contributed by atoms with van der Waals surface area (Å²) in [6, 6.07) is -0.396. The summed E-state index contributed by atoms with van der Waals surface area (Å²) in [5.74, 6) is 0.743. The van der Waals surface area contributed by atoms with Crippen molar-refractivity contribution < 1.29 is 9.59 Å². The third-order valence-corrected chi connectivity index (χ3v) is 3.39. The Morgan fingerprint density at radius 2 is 2.05 bits per heavy atom. The Morgan fingerprint density at radius 3 is 2.67 bits per heavy atom. The molecule has 21 heavy (non-hydrogen) atoms. The SMILES string of the molecule is CNCC1CCCN(CC(=O)NC(=O)NCC(C)C)C1.Cl. The van der Waals surface area contributed by atoms with Crippen LogP contribution in [0.1, 0.15) is 26.7 Å². The largest absolute Gasteiger partial charge is 0.338 e. The zero-order chi connectivity index (χ0) is 15.0. The van der Waals surface area contributed by atoms with E-state index in [2.05, 4.69) is 20.9 Å². The highest BCUT2D eigenvalue weighted by molar-refractivity contribution is 5.95. The van der Waals surface area contributed by atoms with Gasteiger partial charge in [-0.15, -0.1) is 12.4 Å². The van der Waals surface area contributed by atoms with Crippen LogP contribution in [0.3, 0.4) is 0 Å². The number of nitrogens with zero attached hydrogens (tertiary/aromatic N) is 1. The molecule has 1 aliphatic rings. The van der Waals surface area contributed by atoms with Gasteiger partial charge in [0.15, 0.2) is 0 Å². The number of urea groups is 1. The lowest BCUT2D eigenvalue weighted by Crippen LogP contribution is -2.48. The normalized spacial score (nSPS) is 19.0. The first-order valence-corrected chi connectivity index (χ1v) is 7.46. The molecular formula is C14H29ClN4O2. The van der Waals surface area contributed by atoms with Gasteiger partial charge >= 0.3 is 6.03 Å². The van der Waals surface area contributed by atoms with Crippen molar-refractivity contribution >= 4 is 24.3 Å². The highest BCUT2D eigenvalue weighted by atomic mass is 35.5. The molecule has 1 atom stereocenters. The molecule has 0 aromatic heterocycles. The van der Waals surface area contributed by atoms with Crippen molar-refractivity contribution in [3.8, 4) is 0 Å². The Balaban J connectivity index is 0.00000400. The van der Waals surface area contributed by atoms with Crippen LogP contribution >= 0.6 is 12.4 Å². The Morgan fingerprint density at radius 1 is 1.33 bits per heavy atom. The van der Waals surface area contributed by atoms with E-state index in [1.54, 1.807) is 0 Å². The number of rotatable bonds is 6. The summed E-state index contributed by atoms with van der Waals surface area (Å²) in [4.78, 5) is 25.4. The van der Waals surface area contributed by atoms with E-state index in [0.29, 0.717) is 24.9 Å². The number of piperidine rings is 1. The maximum absolute atomic E-state index is 11.8. The Hall–Kier alpha value is -0.850. The monoisotopic (exact) mass is 320 g/mol. The summed E-state index contributed by atoms with van der Waals surface area (Å²) in [6.45, 7) is 7.73. The second-order valence-electron chi connectivity index (χ2n) is 5.95. The third-order valence-electron chi connectivity index (χ3n) is 3.39. The van der Waals surface area contributed by atoms with Crippen LogP contribution in [0, 0.1) is 11.8 Å². The van der Waals surface area contributed by atoms with Gasteiger partial charge in [-0.2, -0.15) is 0 Å². The van der Waals surface area contributed by atoms with Gasteiger partial charge in [-0.1, -0.05) is 13.8 Å². The molecular weight excluding hydrogens is 292 g/mol.